The molecule has 3 rings (SSSR count). The molecule has 13 heavy (non-hydrogen) atoms. The van der Waals surface area contributed by atoms with Crippen LogP contribution in [-0.2, 0) is 14.3 Å². The van der Waals surface area contributed by atoms with Gasteiger partial charge in [0.1, 0.15) is 11.9 Å². The largest absolute Gasteiger partial charge is 0.464 e. The summed E-state index contributed by atoms with van der Waals surface area (Å²) in [7, 11) is 0. The molecule has 0 radical (unpaired) electrons. The van der Waals surface area contributed by atoms with Crippen LogP contribution in [0.5, 0.6) is 0 Å². The van der Waals surface area contributed by atoms with E-state index in [0.717, 1.165) is 17.8 Å². The van der Waals surface area contributed by atoms with Gasteiger partial charge < -0.3 is 14.8 Å². The van der Waals surface area contributed by atoms with Gasteiger partial charge in [-0.25, -0.2) is 0 Å². The van der Waals surface area contributed by atoms with Gasteiger partial charge in [0, 0.05) is 20.3 Å². The first-order chi connectivity index (χ1) is 6.07. The van der Waals surface area contributed by atoms with Crippen molar-refractivity contribution in [1.82, 2.24) is 5.32 Å². The molecule has 2 saturated heterocycles. The molecule has 4 heteroatoms. The maximum atomic E-state index is 11.3. The lowest BCUT2D eigenvalue weighted by Gasteiger charge is -2.18. The summed E-state index contributed by atoms with van der Waals surface area (Å²) in [6.45, 7) is 3.73. The van der Waals surface area contributed by atoms with Crippen LogP contribution in [0.3, 0.4) is 0 Å². The van der Waals surface area contributed by atoms with E-state index in [2.05, 4.69) is 5.32 Å². The SMILES string of the molecule is CC1(C)OC2=C3C[C@@H](NC3=O)[C@@H]2O1. The van der Waals surface area contributed by atoms with Crippen LogP contribution in [-0.4, -0.2) is 23.8 Å². The molecule has 0 spiro atoms. The molecule has 4 nitrogen and oxygen atoms in total. The van der Waals surface area contributed by atoms with Crippen LogP contribution < -0.4 is 5.32 Å². The van der Waals surface area contributed by atoms with Crippen LogP contribution in [0.25, 0.3) is 0 Å². The molecule has 2 bridgehead atoms. The van der Waals surface area contributed by atoms with E-state index < -0.39 is 5.79 Å². The molecular weight excluding hydrogens is 170 g/mol. The molecule has 2 atom stereocenters. The Morgan fingerprint density at radius 1 is 1.54 bits per heavy atom. The Bertz CT molecular complexity index is 332. The van der Waals surface area contributed by atoms with Crippen LogP contribution in [0.1, 0.15) is 20.3 Å². The van der Waals surface area contributed by atoms with Gasteiger partial charge in [-0.15, -0.1) is 0 Å². The van der Waals surface area contributed by atoms with Crippen LogP contribution >= 0.6 is 0 Å². The first-order valence-corrected chi connectivity index (χ1v) is 4.47. The number of amides is 1. The summed E-state index contributed by atoms with van der Waals surface area (Å²) in [5.41, 5.74) is 0.778. The minimum atomic E-state index is -0.573. The van der Waals surface area contributed by atoms with Gasteiger partial charge in [0.05, 0.1) is 11.6 Å². The highest BCUT2D eigenvalue weighted by atomic mass is 16.7. The number of carbonyl (C=O) groups excluding carboxylic acids is 1. The fraction of sp³-hybridized carbons (Fsp3) is 0.667. The second-order valence-electron chi connectivity index (χ2n) is 4.17. The number of carbonyl (C=O) groups is 1. The molecule has 0 aromatic rings. The van der Waals surface area contributed by atoms with E-state index in [0.29, 0.717) is 0 Å². The Balaban J connectivity index is 2.06. The molecule has 0 aromatic carbocycles. The lowest BCUT2D eigenvalue weighted by Crippen LogP contribution is -2.39. The maximum absolute atomic E-state index is 11.3. The Hall–Kier alpha value is -1.03. The molecule has 2 fully saturated rings. The van der Waals surface area contributed by atoms with Crippen molar-refractivity contribution >= 4 is 5.91 Å². The van der Waals surface area contributed by atoms with Gasteiger partial charge >= 0.3 is 0 Å². The Kier molecular flexibility index (Phi) is 1.08. The number of rotatable bonds is 0. The lowest BCUT2D eigenvalue weighted by molar-refractivity contribution is -0.138. The van der Waals surface area contributed by atoms with Crippen molar-refractivity contribution in [3.8, 4) is 0 Å². The van der Waals surface area contributed by atoms with E-state index in [1.54, 1.807) is 0 Å². The molecule has 0 saturated carbocycles. The molecule has 1 N–H and O–H groups in total. The van der Waals surface area contributed by atoms with Crippen LogP contribution in [0.4, 0.5) is 0 Å². The van der Waals surface area contributed by atoms with E-state index >= 15 is 0 Å². The summed E-state index contributed by atoms with van der Waals surface area (Å²) < 4.78 is 11.2. The average Bonchev–Trinajstić information content (AvgIpc) is 2.56. The lowest BCUT2D eigenvalue weighted by atomic mass is 10.2. The monoisotopic (exact) mass is 181 g/mol. The number of hydrogen-bond donors (Lipinski definition) is 1. The first kappa shape index (κ1) is 7.38. The standard InChI is InChI=1S/C9H11NO3/c1-9(2)12-6-4-3-5(7(6)13-9)10-8(4)11/h5,7H,3H2,1-2H3,(H,10,11)/t5-,7+/m1/s1. The van der Waals surface area contributed by atoms with E-state index in [-0.39, 0.29) is 18.1 Å². The summed E-state index contributed by atoms with van der Waals surface area (Å²) in [4.78, 5) is 11.3. The molecule has 3 aliphatic rings. The number of nitrogens with one attached hydrogen (secondary N) is 1. The predicted molar refractivity (Wildman–Crippen MR) is 43.6 cm³/mol. The highest BCUT2D eigenvalue weighted by Crippen LogP contribution is 2.44. The van der Waals surface area contributed by atoms with Gasteiger partial charge in [0.15, 0.2) is 0 Å². The minimum Gasteiger partial charge on any atom is -0.464 e. The van der Waals surface area contributed by atoms with E-state index in [1.807, 2.05) is 13.8 Å². The summed E-state index contributed by atoms with van der Waals surface area (Å²) >= 11 is 0. The number of hydrogen-bond acceptors (Lipinski definition) is 3. The number of ether oxygens (including phenoxy) is 2. The van der Waals surface area contributed by atoms with Crippen molar-refractivity contribution in [1.29, 1.82) is 0 Å². The second kappa shape index (κ2) is 1.90. The van der Waals surface area contributed by atoms with Gasteiger partial charge in [-0.3, -0.25) is 4.79 Å². The van der Waals surface area contributed by atoms with E-state index in [9.17, 15) is 4.79 Å². The second-order valence-corrected chi connectivity index (χ2v) is 4.17. The Morgan fingerprint density at radius 3 is 3.08 bits per heavy atom. The van der Waals surface area contributed by atoms with E-state index in [1.165, 1.54) is 0 Å². The summed E-state index contributed by atoms with van der Waals surface area (Å²) in [5.74, 6) is 0.201. The summed E-state index contributed by atoms with van der Waals surface area (Å²) in [6.07, 6.45) is 0.720. The maximum Gasteiger partial charge on any atom is 0.251 e. The highest BCUT2D eigenvalue weighted by molar-refractivity contribution is 5.98. The smallest absolute Gasteiger partial charge is 0.251 e. The molecule has 0 unspecified atom stereocenters. The third-order valence-corrected chi connectivity index (χ3v) is 2.70. The zero-order valence-electron chi connectivity index (χ0n) is 7.59. The van der Waals surface area contributed by atoms with Gasteiger partial charge in [0.25, 0.3) is 5.91 Å². The third-order valence-electron chi connectivity index (χ3n) is 2.70. The van der Waals surface area contributed by atoms with Crippen LogP contribution in [0.15, 0.2) is 11.3 Å². The van der Waals surface area contributed by atoms with Gasteiger partial charge in [-0.05, 0) is 0 Å². The zero-order chi connectivity index (χ0) is 9.22. The quantitative estimate of drug-likeness (QED) is 0.584. The molecule has 0 aromatic heterocycles. The average molecular weight is 181 g/mol. The van der Waals surface area contributed by atoms with Gasteiger partial charge in [0.2, 0.25) is 5.79 Å². The summed E-state index contributed by atoms with van der Waals surface area (Å²) in [5, 5.41) is 2.86. The van der Waals surface area contributed by atoms with Crippen molar-refractivity contribution in [3.63, 3.8) is 0 Å². The fourth-order valence-electron chi connectivity index (χ4n) is 2.22. The highest BCUT2D eigenvalue weighted by Gasteiger charge is 2.53. The predicted octanol–water partition coefficient (Wildman–Crippen LogP) is 0.294. The van der Waals surface area contributed by atoms with Crippen molar-refractivity contribution in [2.75, 3.05) is 0 Å². The molecule has 2 aliphatic heterocycles. The van der Waals surface area contributed by atoms with Crippen molar-refractivity contribution in [2.24, 2.45) is 0 Å². The molecule has 70 valence electrons. The van der Waals surface area contributed by atoms with Crippen LogP contribution in [0, 0.1) is 0 Å². The van der Waals surface area contributed by atoms with Crippen molar-refractivity contribution in [2.45, 2.75) is 38.2 Å². The first-order valence-electron chi connectivity index (χ1n) is 4.47. The van der Waals surface area contributed by atoms with Crippen molar-refractivity contribution < 1.29 is 14.3 Å². The fourth-order valence-corrected chi connectivity index (χ4v) is 2.22. The number of fused-ring (bicyclic) bond motifs is 4. The molecular formula is C9H11NO3. The minimum absolute atomic E-state index is 0.0116. The Labute approximate surface area is 75.9 Å². The topological polar surface area (TPSA) is 47.6 Å². The van der Waals surface area contributed by atoms with Gasteiger partial charge in [-0.1, -0.05) is 0 Å². The summed E-state index contributed by atoms with van der Waals surface area (Å²) in [6, 6.07) is 0.110. The van der Waals surface area contributed by atoms with Crippen LogP contribution in [0.2, 0.25) is 0 Å². The molecule has 2 heterocycles. The van der Waals surface area contributed by atoms with Gasteiger partial charge in [-0.2, -0.15) is 0 Å². The molecule has 1 aliphatic carbocycles. The Morgan fingerprint density at radius 2 is 2.31 bits per heavy atom. The normalized spacial score (nSPS) is 39.1. The van der Waals surface area contributed by atoms with E-state index in [4.69, 9.17) is 9.47 Å². The molecule has 1 amide bonds. The zero-order valence-corrected chi connectivity index (χ0v) is 7.59. The third kappa shape index (κ3) is 0.812. The van der Waals surface area contributed by atoms with Crippen molar-refractivity contribution in [3.05, 3.63) is 11.3 Å².